The first-order valence-electron chi connectivity index (χ1n) is 8.22. The lowest BCUT2D eigenvalue weighted by Crippen LogP contribution is -2.39. The molecule has 0 unspecified atom stereocenters. The summed E-state index contributed by atoms with van der Waals surface area (Å²) < 4.78 is 49.6. The Morgan fingerprint density at radius 2 is 1.70 bits per heavy atom. The van der Waals surface area contributed by atoms with E-state index < -0.39 is 17.8 Å². The van der Waals surface area contributed by atoms with Gasteiger partial charge < -0.3 is 19.7 Å². The average Bonchev–Trinajstić information content (AvgIpc) is 2.65. The van der Waals surface area contributed by atoms with Crippen molar-refractivity contribution < 1.29 is 27.4 Å². The van der Waals surface area contributed by atoms with Crippen LogP contribution in [-0.4, -0.2) is 38.2 Å². The van der Waals surface area contributed by atoms with Crippen LogP contribution in [-0.2, 0) is 12.7 Å². The second kappa shape index (κ2) is 9.16. The van der Waals surface area contributed by atoms with Gasteiger partial charge in [-0.3, -0.25) is 0 Å². The third-order valence-electron chi connectivity index (χ3n) is 3.78. The standard InChI is InChI=1S/C19H21F3N2O3/c1-24(13-14-5-3-4-6-17(14)19(20,21)22)18(25)23-11-12-27-16-9-7-15(26-2)8-10-16/h3-10H,11-13H2,1-2H3,(H,23,25). The van der Waals surface area contributed by atoms with Crippen LogP contribution in [0.2, 0.25) is 0 Å². The van der Waals surface area contributed by atoms with E-state index in [0.717, 1.165) is 6.07 Å². The van der Waals surface area contributed by atoms with Gasteiger partial charge in [-0.05, 0) is 35.9 Å². The van der Waals surface area contributed by atoms with E-state index in [1.54, 1.807) is 31.4 Å². The van der Waals surface area contributed by atoms with Gasteiger partial charge in [0.2, 0.25) is 0 Å². The number of urea groups is 1. The predicted octanol–water partition coefficient (Wildman–Crippen LogP) is 3.93. The number of amides is 2. The van der Waals surface area contributed by atoms with Gasteiger partial charge in [0.05, 0.1) is 19.2 Å². The molecule has 2 amide bonds. The zero-order valence-electron chi connectivity index (χ0n) is 15.0. The Hall–Kier alpha value is -2.90. The number of halogens is 3. The van der Waals surface area contributed by atoms with Crippen molar-refractivity contribution in [1.29, 1.82) is 0 Å². The molecule has 0 aromatic heterocycles. The Morgan fingerprint density at radius 1 is 1.07 bits per heavy atom. The predicted molar refractivity (Wildman–Crippen MR) is 94.8 cm³/mol. The van der Waals surface area contributed by atoms with Crippen molar-refractivity contribution in [3.05, 3.63) is 59.7 Å². The molecule has 27 heavy (non-hydrogen) atoms. The number of rotatable bonds is 7. The van der Waals surface area contributed by atoms with Gasteiger partial charge in [-0.25, -0.2) is 4.79 Å². The van der Waals surface area contributed by atoms with Crippen molar-refractivity contribution in [2.75, 3.05) is 27.3 Å². The molecule has 0 spiro atoms. The fraction of sp³-hybridized carbons (Fsp3) is 0.316. The third kappa shape index (κ3) is 6.09. The SMILES string of the molecule is COc1ccc(OCCNC(=O)N(C)Cc2ccccc2C(F)(F)F)cc1. The van der Waals surface area contributed by atoms with Gasteiger partial charge in [-0.1, -0.05) is 18.2 Å². The van der Waals surface area contributed by atoms with Crippen LogP contribution < -0.4 is 14.8 Å². The number of nitrogens with zero attached hydrogens (tertiary/aromatic N) is 1. The molecule has 0 saturated heterocycles. The number of hydrogen-bond donors (Lipinski definition) is 1. The van der Waals surface area contributed by atoms with E-state index in [1.807, 2.05) is 0 Å². The number of nitrogens with one attached hydrogen (secondary N) is 1. The van der Waals surface area contributed by atoms with Gasteiger partial charge in [0, 0.05) is 13.6 Å². The molecule has 0 aliphatic heterocycles. The Labute approximate surface area is 155 Å². The summed E-state index contributed by atoms with van der Waals surface area (Å²) in [5.74, 6) is 1.33. The molecule has 0 bridgehead atoms. The lowest BCUT2D eigenvalue weighted by molar-refractivity contribution is -0.138. The quantitative estimate of drug-likeness (QED) is 0.738. The van der Waals surface area contributed by atoms with Crippen LogP contribution in [0.25, 0.3) is 0 Å². The first kappa shape index (κ1) is 20.4. The summed E-state index contributed by atoms with van der Waals surface area (Å²) in [6.45, 7) is 0.294. The lowest BCUT2D eigenvalue weighted by Gasteiger charge is -2.20. The van der Waals surface area contributed by atoms with Crippen LogP contribution in [0, 0.1) is 0 Å². The highest BCUT2D eigenvalue weighted by atomic mass is 19.4. The molecule has 0 heterocycles. The van der Waals surface area contributed by atoms with Gasteiger partial charge in [0.25, 0.3) is 0 Å². The van der Waals surface area contributed by atoms with E-state index in [0.29, 0.717) is 11.5 Å². The summed E-state index contributed by atoms with van der Waals surface area (Å²) in [6, 6.07) is 11.7. The Kier molecular flexibility index (Phi) is 6.92. The first-order valence-corrected chi connectivity index (χ1v) is 8.22. The second-order valence-electron chi connectivity index (χ2n) is 5.77. The Morgan fingerprint density at radius 3 is 2.33 bits per heavy atom. The summed E-state index contributed by atoms with van der Waals surface area (Å²) in [6.07, 6.45) is -4.46. The Balaban J connectivity index is 1.80. The molecule has 2 aromatic rings. The van der Waals surface area contributed by atoms with Crippen molar-refractivity contribution in [3.63, 3.8) is 0 Å². The molecule has 2 aromatic carbocycles. The molecule has 0 radical (unpaired) electrons. The second-order valence-corrected chi connectivity index (χ2v) is 5.77. The maximum absolute atomic E-state index is 13.0. The number of alkyl halides is 3. The van der Waals surface area contributed by atoms with Crippen molar-refractivity contribution >= 4 is 6.03 Å². The number of hydrogen-bond acceptors (Lipinski definition) is 3. The van der Waals surface area contributed by atoms with Crippen LogP contribution in [0.1, 0.15) is 11.1 Å². The number of carbonyl (C=O) groups excluding carboxylic acids is 1. The molecular formula is C19H21F3N2O3. The maximum Gasteiger partial charge on any atom is 0.416 e. The normalized spacial score (nSPS) is 11.0. The molecule has 1 N–H and O–H groups in total. The van der Waals surface area contributed by atoms with E-state index in [9.17, 15) is 18.0 Å². The zero-order chi connectivity index (χ0) is 19.9. The molecule has 0 fully saturated rings. The van der Waals surface area contributed by atoms with E-state index >= 15 is 0 Å². The van der Waals surface area contributed by atoms with Gasteiger partial charge in [-0.2, -0.15) is 13.2 Å². The number of carbonyl (C=O) groups is 1. The zero-order valence-corrected chi connectivity index (χ0v) is 15.0. The monoisotopic (exact) mass is 382 g/mol. The molecule has 0 atom stereocenters. The molecular weight excluding hydrogens is 361 g/mol. The van der Waals surface area contributed by atoms with Crippen LogP contribution >= 0.6 is 0 Å². The number of ether oxygens (including phenoxy) is 2. The smallest absolute Gasteiger partial charge is 0.416 e. The minimum atomic E-state index is -4.46. The van der Waals surface area contributed by atoms with Crippen LogP contribution in [0.15, 0.2) is 48.5 Å². The van der Waals surface area contributed by atoms with Crippen LogP contribution in [0.3, 0.4) is 0 Å². The summed E-state index contributed by atoms with van der Waals surface area (Å²) in [5, 5.41) is 2.61. The molecule has 0 saturated carbocycles. The summed E-state index contributed by atoms with van der Waals surface area (Å²) in [5.41, 5.74) is -0.704. The van der Waals surface area contributed by atoms with Gasteiger partial charge in [0.15, 0.2) is 0 Å². The van der Waals surface area contributed by atoms with Gasteiger partial charge in [0.1, 0.15) is 18.1 Å². The summed E-state index contributed by atoms with van der Waals surface area (Å²) >= 11 is 0. The number of benzene rings is 2. The van der Waals surface area contributed by atoms with E-state index in [4.69, 9.17) is 9.47 Å². The van der Waals surface area contributed by atoms with Crippen molar-refractivity contribution in [2.45, 2.75) is 12.7 Å². The topological polar surface area (TPSA) is 50.8 Å². The van der Waals surface area contributed by atoms with E-state index in [-0.39, 0.29) is 25.3 Å². The van der Waals surface area contributed by atoms with Crippen LogP contribution in [0.5, 0.6) is 11.5 Å². The third-order valence-corrected chi connectivity index (χ3v) is 3.78. The lowest BCUT2D eigenvalue weighted by atomic mass is 10.1. The molecule has 5 nitrogen and oxygen atoms in total. The highest BCUT2D eigenvalue weighted by Crippen LogP contribution is 2.32. The molecule has 8 heteroatoms. The molecule has 146 valence electrons. The minimum absolute atomic E-state index is 0.0390. The highest BCUT2D eigenvalue weighted by molar-refractivity contribution is 5.73. The van der Waals surface area contributed by atoms with Crippen molar-refractivity contribution in [2.24, 2.45) is 0 Å². The van der Waals surface area contributed by atoms with E-state index in [2.05, 4.69) is 5.32 Å². The molecule has 0 aliphatic rings. The average molecular weight is 382 g/mol. The largest absolute Gasteiger partial charge is 0.497 e. The number of methoxy groups -OCH3 is 1. The molecule has 2 rings (SSSR count). The fourth-order valence-corrected chi connectivity index (χ4v) is 2.40. The summed E-state index contributed by atoms with van der Waals surface area (Å²) in [4.78, 5) is 13.3. The maximum atomic E-state index is 13.0. The van der Waals surface area contributed by atoms with Crippen molar-refractivity contribution in [3.8, 4) is 11.5 Å². The summed E-state index contributed by atoms with van der Waals surface area (Å²) in [7, 11) is 3.00. The highest BCUT2D eigenvalue weighted by Gasteiger charge is 2.33. The fourth-order valence-electron chi connectivity index (χ4n) is 2.40. The van der Waals surface area contributed by atoms with Crippen molar-refractivity contribution in [1.82, 2.24) is 10.2 Å². The van der Waals surface area contributed by atoms with Gasteiger partial charge >= 0.3 is 12.2 Å². The van der Waals surface area contributed by atoms with Crippen LogP contribution in [0.4, 0.5) is 18.0 Å². The minimum Gasteiger partial charge on any atom is -0.497 e. The van der Waals surface area contributed by atoms with Gasteiger partial charge in [-0.15, -0.1) is 0 Å². The Bertz CT molecular complexity index is 749. The molecule has 0 aliphatic carbocycles. The first-order chi connectivity index (χ1) is 12.8. The van der Waals surface area contributed by atoms with E-state index in [1.165, 1.54) is 30.1 Å².